The predicted octanol–water partition coefficient (Wildman–Crippen LogP) is 2.77. The number of ether oxygens (including phenoxy) is 2. The molecule has 0 amide bonds. The Labute approximate surface area is 203 Å². The normalized spacial score (nSPS) is 14.6. The molecule has 0 bridgehead atoms. The number of carbonyl (C=O) groups is 2. The second-order valence-electron chi connectivity index (χ2n) is 9.35. The molecule has 7 nitrogen and oxygen atoms in total. The van der Waals surface area contributed by atoms with Crippen LogP contribution in [0.5, 0.6) is 0 Å². The van der Waals surface area contributed by atoms with Gasteiger partial charge in [-0.3, -0.25) is 9.59 Å². The molecule has 2 unspecified atom stereocenters. The molecule has 0 aromatic heterocycles. The van der Waals surface area contributed by atoms with Gasteiger partial charge < -0.3 is 23.5 Å². The van der Waals surface area contributed by atoms with Gasteiger partial charge in [0.15, 0.2) is 0 Å². The van der Waals surface area contributed by atoms with Gasteiger partial charge in [0.1, 0.15) is 52.4 Å². The van der Waals surface area contributed by atoms with Crippen molar-refractivity contribution in [3.8, 4) is 0 Å². The maximum atomic E-state index is 12.1. The number of hydrogen-bond acceptors (Lipinski definition) is 5. The summed E-state index contributed by atoms with van der Waals surface area (Å²) in [4.78, 5) is 24.3. The first-order valence-corrected chi connectivity index (χ1v) is 11.9. The molecule has 2 aromatic carbocycles. The van der Waals surface area contributed by atoms with E-state index in [1.165, 1.54) is 5.56 Å². The van der Waals surface area contributed by atoms with Crippen molar-refractivity contribution in [2.75, 3.05) is 60.1 Å². The number of nitrogens with zero attached hydrogens (tertiary/aromatic N) is 2. The minimum Gasteiger partial charge on any atom is -0.459 e. The van der Waals surface area contributed by atoms with E-state index in [2.05, 4.69) is 26.1 Å². The van der Waals surface area contributed by atoms with E-state index in [9.17, 15) is 14.7 Å². The van der Waals surface area contributed by atoms with Crippen molar-refractivity contribution in [1.29, 1.82) is 0 Å². The highest BCUT2D eigenvalue weighted by Crippen LogP contribution is 2.13. The molecule has 2 atom stereocenters. The largest absolute Gasteiger partial charge is 0.459 e. The molecular formula is C27H40N2O5+2. The summed E-state index contributed by atoms with van der Waals surface area (Å²) in [5.74, 6) is -1.15. The standard InChI is InChI=1S/C27H40N2O5/c1-4-28(2,22-24-11-7-5-8-12-24)16-19-33-26(31)21-27(32)34-20-17-29(3,15-18-30)23-25-13-9-6-10-14-25/h5-14,30H,4,15-23H2,1-3H3/q+2. The topological polar surface area (TPSA) is 72.8 Å². The molecule has 0 saturated heterocycles. The molecule has 0 aliphatic carbocycles. The molecule has 0 spiro atoms. The molecule has 186 valence electrons. The summed E-state index contributed by atoms with van der Waals surface area (Å²) in [5.41, 5.74) is 2.39. The van der Waals surface area contributed by atoms with Crippen LogP contribution in [0.3, 0.4) is 0 Å². The first-order chi connectivity index (χ1) is 16.3. The Morgan fingerprint density at radius 3 is 1.62 bits per heavy atom. The first-order valence-electron chi connectivity index (χ1n) is 11.9. The van der Waals surface area contributed by atoms with Gasteiger partial charge in [-0.1, -0.05) is 60.7 Å². The van der Waals surface area contributed by atoms with Crippen molar-refractivity contribution in [1.82, 2.24) is 0 Å². The average Bonchev–Trinajstić information content (AvgIpc) is 2.80. The highest BCUT2D eigenvalue weighted by molar-refractivity contribution is 5.91. The molecule has 0 heterocycles. The minimum absolute atomic E-state index is 0.0447. The Morgan fingerprint density at radius 2 is 1.18 bits per heavy atom. The lowest BCUT2D eigenvalue weighted by molar-refractivity contribution is -0.923. The molecule has 2 rings (SSSR count). The number of carbonyl (C=O) groups excluding carboxylic acids is 2. The fourth-order valence-electron chi connectivity index (χ4n) is 3.89. The molecule has 0 fully saturated rings. The van der Waals surface area contributed by atoms with E-state index < -0.39 is 18.4 Å². The maximum absolute atomic E-state index is 12.1. The number of aliphatic hydroxyl groups excluding tert-OH is 1. The Balaban J connectivity index is 1.71. The van der Waals surface area contributed by atoms with Crippen LogP contribution in [-0.2, 0) is 32.2 Å². The zero-order valence-electron chi connectivity index (χ0n) is 20.8. The molecular weight excluding hydrogens is 432 g/mol. The van der Waals surface area contributed by atoms with E-state index in [1.54, 1.807) is 0 Å². The molecule has 0 aliphatic rings. The number of benzene rings is 2. The van der Waals surface area contributed by atoms with E-state index >= 15 is 0 Å². The maximum Gasteiger partial charge on any atom is 0.317 e. The Kier molecular flexibility index (Phi) is 11.2. The molecule has 7 heteroatoms. The third-order valence-corrected chi connectivity index (χ3v) is 6.29. The van der Waals surface area contributed by atoms with Gasteiger partial charge in [-0.25, -0.2) is 0 Å². The Hall–Kier alpha value is -2.74. The van der Waals surface area contributed by atoms with E-state index in [0.717, 1.165) is 29.7 Å². The van der Waals surface area contributed by atoms with Crippen molar-refractivity contribution in [2.45, 2.75) is 26.4 Å². The van der Waals surface area contributed by atoms with Crippen LogP contribution in [0.2, 0.25) is 0 Å². The smallest absolute Gasteiger partial charge is 0.317 e. The van der Waals surface area contributed by atoms with Gasteiger partial charge in [0.05, 0.1) is 27.2 Å². The quantitative estimate of drug-likeness (QED) is 0.245. The highest BCUT2D eigenvalue weighted by atomic mass is 16.6. The third-order valence-electron chi connectivity index (χ3n) is 6.29. The number of quaternary nitrogens is 2. The fourth-order valence-corrected chi connectivity index (χ4v) is 3.89. The molecule has 34 heavy (non-hydrogen) atoms. The van der Waals surface area contributed by atoms with Crippen molar-refractivity contribution in [3.63, 3.8) is 0 Å². The SMILES string of the molecule is CC[N+](C)(CCOC(=O)CC(=O)OCC[N+](C)(CCO)Cc1ccccc1)Cc1ccccc1. The average molecular weight is 473 g/mol. The molecule has 2 aromatic rings. The van der Waals surface area contributed by atoms with E-state index in [4.69, 9.17) is 9.47 Å². The first kappa shape index (κ1) is 27.5. The van der Waals surface area contributed by atoms with Gasteiger partial charge in [-0.2, -0.15) is 0 Å². The lowest BCUT2D eigenvalue weighted by Gasteiger charge is -2.34. The fraction of sp³-hybridized carbons (Fsp3) is 0.481. The van der Waals surface area contributed by atoms with E-state index in [1.807, 2.05) is 55.6 Å². The van der Waals surface area contributed by atoms with Crippen LogP contribution in [0.1, 0.15) is 24.5 Å². The second kappa shape index (κ2) is 13.8. The van der Waals surface area contributed by atoms with E-state index in [-0.39, 0.29) is 19.8 Å². The lowest BCUT2D eigenvalue weighted by atomic mass is 10.2. The summed E-state index contributed by atoms with van der Waals surface area (Å²) in [6.07, 6.45) is -0.392. The second-order valence-corrected chi connectivity index (χ2v) is 9.35. The zero-order valence-corrected chi connectivity index (χ0v) is 20.8. The lowest BCUT2D eigenvalue weighted by Crippen LogP contribution is -2.47. The number of rotatable bonds is 15. The molecule has 0 radical (unpaired) electrons. The molecule has 0 saturated carbocycles. The van der Waals surface area contributed by atoms with Crippen molar-refractivity contribution in [3.05, 3.63) is 71.8 Å². The monoisotopic (exact) mass is 472 g/mol. The van der Waals surface area contributed by atoms with Gasteiger partial charge in [0.2, 0.25) is 0 Å². The van der Waals surface area contributed by atoms with Gasteiger partial charge in [-0.15, -0.1) is 0 Å². The highest BCUT2D eigenvalue weighted by Gasteiger charge is 2.24. The third kappa shape index (κ3) is 10.0. The van der Waals surface area contributed by atoms with Crippen LogP contribution in [0, 0.1) is 0 Å². The summed E-state index contributed by atoms with van der Waals surface area (Å²) in [6, 6.07) is 20.2. The van der Waals surface area contributed by atoms with Crippen LogP contribution in [0.15, 0.2) is 60.7 Å². The van der Waals surface area contributed by atoms with E-state index in [0.29, 0.717) is 24.1 Å². The van der Waals surface area contributed by atoms with Gasteiger partial charge in [0, 0.05) is 11.1 Å². The number of hydrogen-bond donors (Lipinski definition) is 1. The minimum atomic E-state index is -0.586. The zero-order chi connectivity index (χ0) is 24.9. The summed E-state index contributed by atoms with van der Waals surface area (Å²) >= 11 is 0. The van der Waals surface area contributed by atoms with Crippen molar-refractivity contribution >= 4 is 11.9 Å². The van der Waals surface area contributed by atoms with Crippen molar-refractivity contribution < 1.29 is 33.1 Å². The summed E-state index contributed by atoms with van der Waals surface area (Å²) < 4.78 is 11.9. The summed E-state index contributed by atoms with van der Waals surface area (Å²) in [5, 5.41) is 9.46. The molecule has 0 aliphatic heterocycles. The number of esters is 2. The van der Waals surface area contributed by atoms with Crippen LogP contribution >= 0.6 is 0 Å². The summed E-state index contributed by atoms with van der Waals surface area (Å²) in [6.45, 7) is 6.83. The number of likely N-dealkylation sites (N-methyl/N-ethyl adjacent to an activating group) is 2. The Morgan fingerprint density at radius 1 is 0.735 bits per heavy atom. The molecule has 1 N–H and O–H groups in total. The number of aliphatic hydroxyl groups is 1. The van der Waals surface area contributed by atoms with Crippen LogP contribution in [0.4, 0.5) is 0 Å². The van der Waals surface area contributed by atoms with Crippen molar-refractivity contribution in [2.24, 2.45) is 0 Å². The van der Waals surface area contributed by atoms with Gasteiger partial charge in [0.25, 0.3) is 0 Å². The predicted molar refractivity (Wildman–Crippen MR) is 131 cm³/mol. The Bertz CT molecular complexity index is 877. The van der Waals surface area contributed by atoms with Crippen LogP contribution in [0.25, 0.3) is 0 Å². The van der Waals surface area contributed by atoms with Gasteiger partial charge in [-0.05, 0) is 6.92 Å². The van der Waals surface area contributed by atoms with Gasteiger partial charge >= 0.3 is 11.9 Å². The van der Waals surface area contributed by atoms with Crippen LogP contribution < -0.4 is 0 Å². The van der Waals surface area contributed by atoms with Crippen LogP contribution in [-0.4, -0.2) is 86.1 Å². The summed E-state index contributed by atoms with van der Waals surface area (Å²) in [7, 11) is 4.15.